The summed E-state index contributed by atoms with van der Waals surface area (Å²) in [5.41, 5.74) is 4.76. The Labute approximate surface area is 180 Å². The predicted molar refractivity (Wildman–Crippen MR) is 119 cm³/mol. The molecule has 2 N–H and O–H groups in total. The number of para-hydroxylation sites is 2. The summed E-state index contributed by atoms with van der Waals surface area (Å²) in [7, 11) is 0. The van der Waals surface area contributed by atoms with Gasteiger partial charge in [0.05, 0.1) is 17.3 Å². The van der Waals surface area contributed by atoms with Crippen LogP contribution in [-0.2, 0) is 17.8 Å². The zero-order chi connectivity index (χ0) is 21.8. The van der Waals surface area contributed by atoms with Crippen LogP contribution in [0.5, 0.6) is 0 Å². The number of fused-ring (bicyclic) bond motifs is 1. The van der Waals surface area contributed by atoms with Crippen molar-refractivity contribution in [2.24, 2.45) is 0 Å². The first-order chi connectivity index (χ1) is 15.0. The molecule has 4 aromatic rings. The van der Waals surface area contributed by atoms with Gasteiger partial charge in [0.2, 0.25) is 5.91 Å². The van der Waals surface area contributed by atoms with Crippen molar-refractivity contribution in [3.05, 3.63) is 83.6 Å². The molecular formula is C24H24N4O3. The van der Waals surface area contributed by atoms with Gasteiger partial charge in [-0.25, -0.2) is 4.98 Å². The molecule has 7 heteroatoms. The molecule has 2 aromatic carbocycles. The number of imidazole rings is 1. The number of hydrogen-bond acceptors (Lipinski definition) is 4. The van der Waals surface area contributed by atoms with Crippen molar-refractivity contribution < 1.29 is 14.0 Å². The van der Waals surface area contributed by atoms with Gasteiger partial charge in [-0.05, 0) is 61.4 Å². The molecule has 0 unspecified atom stereocenters. The highest BCUT2D eigenvalue weighted by molar-refractivity contribution is 5.92. The molecule has 0 atom stereocenters. The lowest BCUT2D eigenvalue weighted by atomic mass is 10.1. The SMILES string of the molecule is Cc1ccc(NC(=O)Cn2c(CCNC(=O)c3ccco3)nc3ccccc32)cc1C. The lowest BCUT2D eigenvalue weighted by molar-refractivity contribution is -0.116. The van der Waals surface area contributed by atoms with Crippen LogP contribution >= 0.6 is 0 Å². The van der Waals surface area contributed by atoms with Gasteiger partial charge in [0.15, 0.2) is 5.76 Å². The van der Waals surface area contributed by atoms with E-state index in [2.05, 4.69) is 15.6 Å². The van der Waals surface area contributed by atoms with Gasteiger partial charge < -0.3 is 19.6 Å². The van der Waals surface area contributed by atoms with Crippen molar-refractivity contribution in [3.63, 3.8) is 0 Å². The second kappa shape index (κ2) is 8.87. The second-order valence-electron chi connectivity index (χ2n) is 7.43. The zero-order valence-electron chi connectivity index (χ0n) is 17.5. The van der Waals surface area contributed by atoms with Gasteiger partial charge >= 0.3 is 0 Å². The second-order valence-corrected chi connectivity index (χ2v) is 7.43. The third-order valence-electron chi connectivity index (χ3n) is 5.21. The van der Waals surface area contributed by atoms with Crippen molar-refractivity contribution >= 4 is 28.5 Å². The van der Waals surface area contributed by atoms with Crippen LogP contribution in [0.15, 0.2) is 65.3 Å². The quantitative estimate of drug-likeness (QED) is 0.479. The third kappa shape index (κ3) is 4.66. The van der Waals surface area contributed by atoms with E-state index in [0.29, 0.717) is 13.0 Å². The molecule has 2 aromatic heterocycles. The van der Waals surface area contributed by atoms with Crippen LogP contribution in [-0.4, -0.2) is 27.9 Å². The number of anilines is 1. The summed E-state index contributed by atoms with van der Waals surface area (Å²) >= 11 is 0. The number of aryl methyl sites for hydroxylation is 2. The lowest BCUT2D eigenvalue weighted by Gasteiger charge is -2.11. The van der Waals surface area contributed by atoms with E-state index in [-0.39, 0.29) is 24.1 Å². The smallest absolute Gasteiger partial charge is 0.286 e. The van der Waals surface area contributed by atoms with Gasteiger partial charge in [-0.3, -0.25) is 9.59 Å². The molecule has 0 saturated carbocycles. The number of carbonyl (C=O) groups is 2. The van der Waals surface area contributed by atoms with Gasteiger partial charge in [-0.2, -0.15) is 0 Å². The number of rotatable bonds is 7. The van der Waals surface area contributed by atoms with Crippen molar-refractivity contribution in [2.75, 3.05) is 11.9 Å². The molecule has 158 valence electrons. The molecule has 0 aliphatic rings. The summed E-state index contributed by atoms with van der Waals surface area (Å²) in [5, 5.41) is 5.79. The first kappa shape index (κ1) is 20.4. The summed E-state index contributed by atoms with van der Waals surface area (Å²) < 4.78 is 7.00. The van der Waals surface area contributed by atoms with E-state index >= 15 is 0 Å². The topological polar surface area (TPSA) is 89.2 Å². The monoisotopic (exact) mass is 416 g/mol. The van der Waals surface area contributed by atoms with Crippen LogP contribution in [0.4, 0.5) is 5.69 Å². The van der Waals surface area contributed by atoms with E-state index in [1.54, 1.807) is 12.1 Å². The summed E-state index contributed by atoms with van der Waals surface area (Å²) in [6.45, 7) is 4.57. The fourth-order valence-electron chi connectivity index (χ4n) is 3.44. The lowest BCUT2D eigenvalue weighted by Crippen LogP contribution is -2.27. The highest BCUT2D eigenvalue weighted by atomic mass is 16.3. The fourth-order valence-corrected chi connectivity index (χ4v) is 3.44. The summed E-state index contributed by atoms with van der Waals surface area (Å²) in [4.78, 5) is 29.5. The molecule has 4 rings (SSSR count). The normalized spacial score (nSPS) is 10.9. The number of nitrogens with zero attached hydrogens (tertiary/aromatic N) is 2. The maximum Gasteiger partial charge on any atom is 0.286 e. The van der Waals surface area contributed by atoms with Crippen LogP contribution in [0.1, 0.15) is 27.5 Å². The number of hydrogen-bond donors (Lipinski definition) is 2. The molecule has 0 radical (unpaired) electrons. The Morgan fingerprint density at radius 3 is 2.65 bits per heavy atom. The zero-order valence-corrected chi connectivity index (χ0v) is 17.5. The van der Waals surface area contributed by atoms with Crippen molar-refractivity contribution in [2.45, 2.75) is 26.8 Å². The minimum atomic E-state index is -0.278. The summed E-state index contributed by atoms with van der Waals surface area (Å²) in [5.74, 6) is 0.588. The predicted octanol–water partition coefficient (Wildman–Crippen LogP) is 3.86. The molecule has 0 aliphatic heterocycles. The first-order valence-electron chi connectivity index (χ1n) is 10.1. The fraction of sp³-hybridized carbons (Fsp3) is 0.208. The highest BCUT2D eigenvalue weighted by Crippen LogP contribution is 2.18. The van der Waals surface area contributed by atoms with Gasteiger partial charge in [0.1, 0.15) is 12.4 Å². The van der Waals surface area contributed by atoms with Crippen LogP contribution in [0, 0.1) is 13.8 Å². The maximum absolute atomic E-state index is 12.8. The third-order valence-corrected chi connectivity index (χ3v) is 5.21. The summed E-state index contributed by atoms with van der Waals surface area (Å²) in [6, 6.07) is 16.8. The van der Waals surface area contributed by atoms with E-state index < -0.39 is 0 Å². The van der Waals surface area contributed by atoms with Crippen LogP contribution in [0.2, 0.25) is 0 Å². The van der Waals surface area contributed by atoms with E-state index in [0.717, 1.165) is 28.1 Å². The number of nitrogens with one attached hydrogen (secondary N) is 2. The van der Waals surface area contributed by atoms with E-state index in [1.807, 2.05) is 60.9 Å². The average Bonchev–Trinajstić information content (AvgIpc) is 3.40. The number of aromatic nitrogens is 2. The van der Waals surface area contributed by atoms with E-state index in [1.165, 1.54) is 11.8 Å². The molecule has 0 fully saturated rings. The van der Waals surface area contributed by atoms with E-state index in [9.17, 15) is 9.59 Å². The Morgan fingerprint density at radius 2 is 1.87 bits per heavy atom. The highest BCUT2D eigenvalue weighted by Gasteiger charge is 2.15. The number of amides is 2. The van der Waals surface area contributed by atoms with Crippen LogP contribution in [0.25, 0.3) is 11.0 Å². The minimum Gasteiger partial charge on any atom is -0.459 e. The molecule has 2 amide bonds. The Kier molecular flexibility index (Phi) is 5.84. The number of furan rings is 1. The maximum atomic E-state index is 12.8. The molecule has 0 bridgehead atoms. The Balaban J connectivity index is 1.48. The molecule has 31 heavy (non-hydrogen) atoms. The van der Waals surface area contributed by atoms with Crippen molar-refractivity contribution in [1.82, 2.24) is 14.9 Å². The number of benzene rings is 2. The standard InChI is InChI=1S/C24H24N4O3/c1-16-9-10-18(14-17(16)2)26-23(29)15-28-20-7-4-3-6-19(20)27-22(28)11-12-25-24(30)21-8-5-13-31-21/h3-10,13-14H,11-12,15H2,1-2H3,(H,25,30)(H,26,29). The van der Waals surface area contributed by atoms with Crippen molar-refractivity contribution in [1.29, 1.82) is 0 Å². The molecule has 0 saturated heterocycles. The molecule has 0 spiro atoms. The molecular weight excluding hydrogens is 392 g/mol. The van der Waals surface area contributed by atoms with Crippen molar-refractivity contribution in [3.8, 4) is 0 Å². The Hall–Kier alpha value is -3.87. The van der Waals surface area contributed by atoms with Gasteiger partial charge in [0, 0.05) is 18.7 Å². The molecule has 0 aliphatic carbocycles. The summed E-state index contributed by atoms with van der Waals surface area (Å²) in [6.07, 6.45) is 1.94. The Bertz CT molecular complexity index is 1230. The largest absolute Gasteiger partial charge is 0.459 e. The average molecular weight is 416 g/mol. The van der Waals surface area contributed by atoms with Gasteiger partial charge in [-0.15, -0.1) is 0 Å². The number of carbonyl (C=O) groups excluding carboxylic acids is 2. The minimum absolute atomic E-state index is 0.132. The van der Waals surface area contributed by atoms with Gasteiger partial charge in [-0.1, -0.05) is 18.2 Å². The van der Waals surface area contributed by atoms with E-state index in [4.69, 9.17) is 4.42 Å². The van der Waals surface area contributed by atoms with Crippen LogP contribution in [0.3, 0.4) is 0 Å². The van der Waals surface area contributed by atoms with Crippen LogP contribution < -0.4 is 10.6 Å². The molecule has 2 heterocycles. The molecule has 7 nitrogen and oxygen atoms in total. The Morgan fingerprint density at radius 1 is 1.03 bits per heavy atom. The first-order valence-corrected chi connectivity index (χ1v) is 10.1. The van der Waals surface area contributed by atoms with Gasteiger partial charge in [0.25, 0.3) is 5.91 Å².